The van der Waals surface area contributed by atoms with Crippen molar-refractivity contribution in [3.8, 4) is 11.5 Å². The maximum atomic E-state index is 5.50. The lowest BCUT2D eigenvalue weighted by Crippen LogP contribution is -2.25. The molecule has 7 heteroatoms. The van der Waals surface area contributed by atoms with Gasteiger partial charge < -0.3 is 19.2 Å². The van der Waals surface area contributed by atoms with Crippen molar-refractivity contribution < 1.29 is 13.9 Å². The average molecular weight is 347 g/mol. The highest BCUT2D eigenvalue weighted by Gasteiger charge is 2.08. The molecule has 2 aromatic rings. The number of methoxy groups -OCH3 is 2. The molecule has 0 fully saturated rings. The monoisotopic (exact) mass is 347 g/mol. The molecular formula is C17H21N3O3S. The normalized spacial score (nSPS) is 11.1. The molecule has 0 spiro atoms. The van der Waals surface area contributed by atoms with Crippen LogP contribution in [0, 0.1) is 13.8 Å². The van der Waals surface area contributed by atoms with Gasteiger partial charge in [-0.25, -0.2) is 0 Å². The third-order valence-corrected chi connectivity index (χ3v) is 3.59. The fourth-order valence-corrected chi connectivity index (χ4v) is 2.42. The average Bonchev–Trinajstić information content (AvgIpc) is 2.91. The van der Waals surface area contributed by atoms with Gasteiger partial charge in [-0.05, 0) is 51.2 Å². The zero-order valence-electron chi connectivity index (χ0n) is 14.4. The Balaban J connectivity index is 2.03. The topological polar surface area (TPSA) is 68.0 Å². The Kier molecular flexibility index (Phi) is 5.81. The molecule has 0 bridgehead atoms. The van der Waals surface area contributed by atoms with Crippen molar-refractivity contribution in [3.63, 3.8) is 0 Å². The Bertz CT molecular complexity index is 768. The standard InChI is InChI=1S/C17H21N3O3S/c1-10-8-14(12(3)23-10)11(2)19-20-17(24)18-13-6-7-15(21-4)16(9-13)22-5/h6-9H,1-5H3,(H2,18,20,24)/b19-11-. The number of furan rings is 1. The Morgan fingerprint density at radius 2 is 1.83 bits per heavy atom. The minimum Gasteiger partial charge on any atom is -0.493 e. The number of thiocarbonyl (C=S) groups is 1. The number of anilines is 1. The maximum absolute atomic E-state index is 5.50. The van der Waals surface area contributed by atoms with Crippen LogP contribution in [0.4, 0.5) is 5.69 Å². The first kappa shape index (κ1) is 17.8. The summed E-state index contributed by atoms with van der Waals surface area (Å²) in [5.74, 6) is 2.95. The van der Waals surface area contributed by atoms with Crippen molar-refractivity contribution in [2.75, 3.05) is 19.5 Å². The lowest BCUT2D eigenvalue weighted by atomic mass is 10.2. The third kappa shape index (κ3) is 4.26. The molecule has 24 heavy (non-hydrogen) atoms. The molecule has 0 atom stereocenters. The van der Waals surface area contributed by atoms with E-state index in [1.165, 1.54) is 0 Å². The molecule has 0 aliphatic heterocycles. The Morgan fingerprint density at radius 3 is 2.42 bits per heavy atom. The van der Waals surface area contributed by atoms with Crippen LogP contribution in [0.15, 0.2) is 33.8 Å². The van der Waals surface area contributed by atoms with Gasteiger partial charge in [-0.15, -0.1) is 0 Å². The summed E-state index contributed by atoms with van der Waals surface area (Å²) < 4.78 is 16.0. The van der Waals surface area contributed by atoms with Crippen LogP contribution in [0.1, 0.15) is 24.0 Å². The molecule has 0 saturated carbocycles. The first-order valence-electron chi connectivity index (χ1n) is 7.35. The molecule has 1 aromatic heterocycles. The lowest BCUT2D eigenvalue weighted by molar-refractivity contribution is 0.355. The summed E-state index contributed by atoms with van der Waals surface area (Å²) in [6.45, 7) is 5.70. The van der Waals surface area contributed by atoms with Crippen molar-refractivity contribution in [2.45, 2.75) is 20.8 Å². The molecule has 0 radical (unpaired) electrons. The van der Waals surface area contributed by atoms with Gasteiger partial charge in [0.15, 0.2) is 16.6 Å². The van der Waals surface area contributed by atoms with Gasteiger partial charge in [0, 0.05) is 17.3 Å². The zero-order valence-corrected chi connectivity index (χ0v) is 15.2. The van der Waals surface area contributed by atoms with Gasteiger partial charge in [-0.1, -0.05) is 0 Å². The number of nitrogens with zero attached hydrogens (tertiary/aromatic N) is 1. The molecule has 0 aliphatic carbocycles. The first-order chi connectivity index (χ1) is 11.4. The smallest absolute Gasteiger partial charge is 0.191 e. The van der Waals surface area contributed by atoms with E-state index in [9.17, 15) is 0 Å². The number of ether oxygens (including phenoxy) is 2. The fourth-order valence-electron chi connectivity index (χ4n) is 2.26. The van der Waals surface area contributed by atoms with Gasteiger partial charge in [0.05, 0.1) is 19.9 Å². The largest absolute Gasteiger partial charge is 0.493 e. The van der Waals surface area contributed by atoms with E-state index >= 15 is 0 Å². The maximum Gasteiger partial charge on any atom is 0.191 e. The number of nitrogens with one attached hydrogen (secondary N) is 2. The molecule has 0 aliphatic rings. The number of benzene rings is 1. The molecule has 0 amide bonds. The predicted molar refractivity (Wildman–Crippen MR) is 99.3 cm³/mol. The lowest BCUT2D eigenvalue weighted by Gasteiger charge is -2.11. The summed E-state index contributed by atoms with van der Waals surface area (Å²) >= 11 is 5.26. The Hall–Kier alpha value is -2.54. The molecule has 6 nitrogen and oxygen atoms in total. The van der Waals surface area contributed by atoms with Gasteiger partial charge in [0.1, 0.15) is 11.5 Å². The Labute approximate surface area is 146 Å². The van der Waals surface area contributed by atoms with Crippen molar-refractivity contribution >= 4 is 28.7 Å². The zero-order chi connectivity index (χ0) is 17.7. The SMILES string of the molecule is COc1ccc(NC(=S)N/N=C(/C)c2cc(C)oc2C)cc1OC. The van der Waals surface area contributed by atoms with E-state index in [1.54, 1.807) is 26.4 Å². The summed E-state index contributed by atoms with van der Waals surface area (Å²) in [6, 6.07) is 7.39. The minimum atomic E-state index is 0.374. The molecule has 1 heterocycles. The third-order valence-electron chi connectivity index (χ3n) is 3.40. The molecule has 2 N–H and O–H groups in total. The van der Waals surface area contributed by atoms with Crippen molar-refractivity contribution in [1.82, 2.24) is 5.43 Å². The molecule has 0 unspecified atom stereocenters. The Morgan fingerprint density at radius 1 is 1.12 bits per heavy atom. The van der Waals surface area contributed by atoms with Crippen LogP contribution < -0.4 is 20.2 Å². The van der Waals surface area contributed by atoms with Gasteiger partial charge in [0.2, 0.25) is 0 Å². The highest BCUT2D eigenvalue weighted by molar-refractivity contribution is 7.80. The molecule has 0 saturated heterocycles. The van der Waals surface area contributed by atoms with E-state index in [2.05, 4.69) is 15.8 Å². The van der Waals surface area contributed by atoms with E-state index in [1.807, 2.05) is 32.9 Å². The number of hydrogen-bond donors (Lipinski definition) is 2. The second-order valence-electron chi connectivity index (χ2n) is 5.16. The quantitative estimate of drug-likeness (QED) is 0.489. The van der Waals surface area contributed by atoms with Gasteiger partial charge in [-0.3, -0.25) is 5.43 Å². The molecular weight excluding hydrogens is 326 g/mol. The van der Waals surface area contributed by atoms with Crippen molar-refractivity contribution in [1.29, 1.82) is 0 Å². The van der Waals surface area contributed by atoms with E-state index in [0.717, 1.165) is 28.5 Å². The van der Waals surface area contributed by atoms with Crippen molar-refractivity contribution in [2.24, 2.45) is 5.10 Å². The van der Waals surface area contributed by atoms with E-state index < -0.39 is 0 Å². The van der Waals surface area contributed by atoms with Crippen LogP contribution in [0.2, 0.25) is 0 Å². The number of aryl methyl sites for hydroxylation is 2. The molecule has 2 rings (SSSR count). The van der Waals surface area contributed by atoms with Crippen LogP contribution in [0.5, 0.6) is 11.5 Å². The predicted octanol–water partition coefficient (Wildman–Crippen LogP) is 3.62. The number of rotatable bonds is 5. The van der Waals surface area contributed by atoms with E-state index in [0.29, 0.717) is 16.6 Å². The van der Waals surface area contributed by atoms with Crippen LogP contribution in [0.25, 0.3) is 0 Å². The number of hydrogen-bond acceptors (Lipinski definition) is 5. The van der Waals surface area contributed by atoms with E-state index in [-0.39, 0.29) is 0 Å². The summed E-state index contributed by atoms with van der Waals surface area (Å²) in [6.07, 6.45) is 0. The fraction of sp³-hybridized carbons (Fsp3) is 0.294. The first-order valence-corrected chi connectivity index (χ1v) is 7.76. The van der Waals surface area contributed by atoms with Crippen LogP contribution in [-0.2, 0) is 0 Å². The number of hydrazone groups is 1. The highest BCUT2D eigenvalue weighted by Crippen LogP contribution is 2.29. The summed E-state index contributed by atoms with van der Waals surface area (Å²) in [5, 5.41) is 7.71. The second kappa shape index (κ2) is 7.83. The minimum absolute atomic E-state index is 0.374. The van der Waals surface area contributed by atoms with Crippen LogP contribution >= 0.6 is 12.2 Å². The van der Waals surface area contributed by atoms with Gasteiger partial charge in [-0.2, -0.15) is 5.10 Å². The van der Waals surface area contributed by atoms with E-state index in [4.69, 9.17) is 26.1 Å². The van der Waals surface area contributed by atoms with Crippen molar-refractivity contribution in [3.05, 3.63) is 41.3 Å². The summed E-state index contributed by atoms with van der Waals surface area (Å²) in [7, 11) is 3.18. The summed E-state index contributed by atoms with van der Waals surface area (Å²) in [4.78, 5) is 0. The second-order valence-corrected chi connectivity index (χ2v) is 5.57. The van der Waals surface area contributed by atoms with Gasteiger partial charge in [0.25, 0.3) is 0 Å². The highest BCUT2D eigenvalue weighted by atomic mass is 32.1. The van der Waals surface area contributed by atoms with Crippen LogP contribution in [0.3, 0.4) is 0 Å². The van der Waals surface area contributed by atoms with Gasteiger partial charge >= 0.3 is 0 Å². The molecule has 1 aromatic carbocycles. The molecule has 128 valence electrons. The summed E-state index contributed by atoms with van der Waals surface area (Å²) in [5.41, 5.74) is 5.34. The van der Waals surface area contributed by atoms with Crippen LogP contribution in [-0.4, -0.2) is 25.0 Å².